The van der Waals surface area contributed by atoms with Gasteiger partial charge in [0.05, 0.1) is 0 Å². The number of ether oxygens (including phenoxy) is 1. The van der Waals surface area contributed by atoms with Crippen LogP contribution in [0.4, 0.5) is 0 Å². The first kappa shape index (κ1) is 11.6. The van der Waals surface area contributed by atoms with E-state index in [1.54, 1.807) is 0 Å². The quantitative estimate of drug-likeness (QED) is 0.412. The molecule has 0 rings (SSSR count). The van der Waals surface area contributed by atoms with Gasteiger partial charge in [-0.1, -0.05) is 41.4 Å². The molecule has 6 heteroatoms. The molecule has 1 unspecified atom stereocenters. The fourth-order valence-corrected chi connectivity index (χ4v) is 0.611. The molecule has 0 aromatic heterocycles. The topological polar surface area (TPSA) is 50.1 Å². The molecule has 1 atom stereocenters. The monoisotopic (exact) mass is 227 g/mol. The van der Waals surface area contributed by atoms with Crippen molar-refractivity contribution in [2.75, 3.05) is 0 Å². The van der Waals surface area contributed by atoms with Crippen molar-refractivity contribution < 1.29 is 9.53 Å². The van der Waals surface area contributed by atoms with Crippen LogP contribution < -0.4 is 0 Å². The fraction of sp³-hybridized carbons (Fsp3) is 0.333. The van der Waals surface area contributed by atoms with E-state index in [1.807, 2.05) is 0 Å². The van der Waals surface area contributed by atoms with Crippen molar-refractivity contribution in [2.45, 2.75) is 9.90 Å². The zero-order chi connectivity index (χ0) is 9.78. The predicted molar refractivity (Wildman–Crippen MR) is 46.0 cm³/mol. The Labute approximate surface area is 84.5 Å². The van der Waals surface area contributed by atoms with E-state index in [-0.39, 0.29) is 0 Å². The second-order valence-corrected chi connectivity index (χ2v) is 4.06. The van der Waals surface area contributed by atoms with E-state index in [4.69, 9.17) is 40.1 Å². The summed E-state index contributed by atoms with van der Waals surface area (Å²) in [5, 5.41) is 8.39. The van der Waals surface area contributed by atoms with E-state index in [1.165, 1.54) is 6.07 Å². The Morgan fingerprint density at radius 1 is 1.67 bits per heavy atom. The van der Waals surface area contributed by atoms with Gasteiger partial charge in [0.1, 0.15) is 6.07 Å². The maximum Gasteiger partial charge on any atom is 0.331 e. The second kappa shape index (κ2) is 4.56. The number of esters is 1. The number of rotatable bonds is 2. The summed E-state index contributed by atoms with van der Waals surface area (Å²) in [6.45, 7) is 3.12. The number of carbonyl (C=O) groups is 1. The summed E-state index contributed by atoms with van der Waals surface area (Å²) < 4.78 is 2.46. The third-order valence-electron chi connectivity index (χ3n) is 0.815. The zero-order valence-corrected chi connectivity index (χ0v) is 8.03. The van der Waals surface area contributed by atoms with Gasteiger partial charge in [-0.2, -0.15) is 5.26 Å². The van der Waals surface area contributed by atoms with E-state index in [0.29, 0.717) is 0 Å². The first-order chi connectivity index (χ1) is 5.41. The Bertz CT molecular complexity index is 228. The Morgan fingerprint density at radius 2 is 2.17 bits per heavy atom. The molecule has 0 N–H and O–H groups in total. The van der Waals surface area contributed by atoms with Gasteiger partial charge in [0, 0.05) is 6.08 Å². The summed E-state index contributed by atoms with van der Waals surface area (Å²) in [4.78, 5) is 10.6. The number of hydrogen-bond acceptors (Lipinski definition) is 3. The van der Waals surface area contributed by atoms with E-state index in [9.17, 15) is 4.79 Å². The van der Waals surface area contributed by atoms with Gasteiger partial charge in [-0.05, 0) is 0 Å². The van der Waals surface area contributed by atoms with Gasteiger partial charge in [-0.3, -0.25) is 0 Å². The summed E-state index contributed by atoms with van der Waals surface area (Å²) in [6, 6.07) is 1.52. The van der Waals surface area contributed by atoms with E-state index >= 15 is 0 Å². The normalized spacial score (nSPS) is 12.8. The third kappa shape index (κ3) is 3.82. The molecule has 0 aliphatic heterocycles. The molecule has 0 saturated carbocycles. The van der Waals surface area contributed by atoms with Crippen molar-refractivity contribution in [2.24, 2.45) is 0 Å². The highest BCUT2D eigenvalue weighted by atomic mass is 35.6. The van der Waals surface area contributed by atoms with Gasteiger partial charge >= 0.3 is 5.97 Å². The molecule has 0 spiro atoms. The minimum atomic E-state index is -1.94. The van der Waals surface area contributed by atoms with Crippen LogP contribution in [0.3, 0.4) is 0 Å². The van der Waals surface area contributed by atoms with Crippen LogP contribution in [0.2, 0.25) is 0 Å². The lowest BCUT2D eigenvalue weighted by Gasteiger charge is -2.16. The van der Waals surface area contributed by atoms with Crippen molar-refractivity contribution in [3.63, 3.8) is 0 Å². The first-order valence-electron chi connectivity index (χ1n) is 2.71. The van der Waals surface area contributed by atoms with Gasteiger partial charge in [0.2, 0.25) is 9.90 Å². The second-order valence-electron chi connectivity index (χ2n) is 1.69. The van der Waals surface area contributed by atoms with Gasteiger partial charge in [0.25, 0.3) is 0 Å². The molecule has 3 nitrogen and oxygen atoms in total. The lowest BCUT2D eigenvalue weighted by atomic mass is 10.4. The molecule has 0 saturated heterocycles. The number of nitriles is 1. The lowest BCUT2D eigenvalue weighted by Crippen LogP contribution is -2.29. The van der Waals surface area contributed by atoms with Gasteiger partial charge in [-0.25, -0.2) is 4.79 Å². The highest BCUT2D eigenvalue weighted by Gasteiger charge is 2.35. The standard InChI is InChI=1S/C6H4Cl3NO2/c1-2-5(11)12-4(3-10)6(7,8)9/h2,4H,1H2. The maximum atomic E-state index is 10.6. The molecule has 0 heterocycles. The number of nitrogens with zero attached hydrogens (tertiary/aromatic N) is 1. The largest absolute Gasteiger partial charge is 0.439 e. The molecule has 0 amide bonds. The van der Waals surface area contributed by atoms with Crippen LogP contribution in [-0.2, 0) is 9.53 Å². The molecule has 0 aromatic rings. The number of halogens is 3. The molecule has 0 aliphatic rings. The average molecular weight is 228 g/mol. The summed E-state index contributed by atoms with van der Waals surface area (Å²) in [7, 11) is 0. The third-order valence-corrected chi connectivity index (χ3v) is 1.41. The number of alkyl halides is 3. The number of carbonyl (C=O) groups excluding carboxylic acids is 1. The summed E-state index contributed by atoms with van der Waals surface area (Å²) in [5.41, 5.74) is 0. The van der Waals surface area contributed by atoms with Crippen LogP contribution in [0.1, 0.15) is 0 Å². The van der Waals surface area contributed by atoms with Crippen molar-refractivity contribution in [3.8, 4) is 6.07 Å². The molecule has 12 heavy (non-hydrogen) atoms. The minimum absolute atomic E-state index is 0.812. The van der Waals surface area contributed by atoms with Crippen LogP contribution in [0.5, 0.6) is 0 Å². The molecule has 0 radical (unpaired) electrons. The molecular formula is C6H4Cl3NO2. The minimum Gasteiger partial charge on any atom is -0.439 e. The Balaban J connectivity index is 4.32. The van der Waals surface area contributed by atoms with Crippen LogP contribution in [0.15, 0.2) is 12.7 Å². The molecule has 0 fully saturated rings. The fourth-order valence-electron chi connectivity index (χ4n) is 0.331. The van der Waals surface area contributed by atoms with Crippen LogP contribution in [-0.4, -0.2) is 15.9 Å². The number of hydrogen-bond donors (Lipinski definition) is 0. The molecule has 66 valence electrons. The Morgan fingerprint density at radius 3 is 2.42 bits per heavy atom. The van der Waals surface area contributed by atoms with Gasteiger partial charge in [0.15, 0.2) is 0 Å². The molecular weight excluding hydrogens is 224 g/mol. The van der Waals surface area contributed by atoms with Gasteiger partial charge in [-0.15, -0.1) is 0 Å². The lowest BCUT2D eigenvalue weighted by molar-refractivity contribution is -0.140. The maximum absolute atomic E-state index is 10.6. The first-order valence-corrected chi connectivity index (χ1v) is 3.84. The summed E-state index contributed by atoms with van der Waals surface area (Å²) >= 11 is 15.9. The van der Waals surface area contributed by atoms with Crippen LogP contribution in [0.25, 0.3) is 0 Å². The van der Waals surface area contributed by atoms with E-state index in [0.717, 1.165) is 6.08 Å². The van der Waals surface area contributed by atoms with Gasteiger partial charge < -0.3 is 4.74 Å². The Kier molecular flexibility index (Phi) is 4.40. The highest BCUT2D eigenvalue weighted by molar-refractivity contribution is 6.68. The van der Waals surface area contributed by atoms with Crippen molar-refractivity contribution in [1.29, 1.82) is 5.26 Å². The molecule has 0 bridgehead atoms. The summed E-state index contributed by atoms with van der Waals surface area (Å²) in [5.74, 6) is -0.812. The van der Waals surface area contributed by atoms with Crippen molar-refractivity contribution in [1.82, 2.24) is 0 Å². The molecule has 0 aliphatic carbocycles. The van der Waals surface area contributed by atoms with Crippen LogP contribution >= 0.6 is 34.8 Å². The van der Waals surface area contributed by atoms with Crippen molar-refractivity contribution in [3.05, 3.63) is 12.7 Å². The Hall–Kier alpha value is -0.430. The predicted octanol–water partition coefficient (Wildman–Crippen LogP) is 1.98. The van der Waals surface area contributed by atoms with E-state index in [2.05, 4.69) is 11.3 Å². The zero-order valence-electron chi connectivity index (χ0n) is 5.76. The van der Waals surface area contributed by atoms with Crippen molar-refractivity contribution >= 4 is 40.8 Å². The summed E-state index contributed by atoms with van der Waals surface area (Å²) in [6.07, 6.45) is -0.547. The average Bonchev–Trinajstić information content (AvgIpc) is 1.97. The van der Waals surface area contributed by atoms with E-state index < -0.39 is 15.9 Å². The SMILES string of the molecule is C=CC(=O)OC(C#N)C(Cl)(Cl)Cl. The smallest absolute Gasteiger partial charge is 0.331 e. The highest BCUT2D eigenvalue weighted by Crippen LogP contribution is 2.31. The van der Waals surface area contributed by atoms with Crippen LogP contribution in [0, 0.1) is 11.3 Å². The molecule has 0 aromatic carbocycles.